The number of nitrogens with zero attached hydrogens (tertiary/aromatic N) is 1. The van der Waals surface area contributed by atoms with Crippen LogP contribution in [-0.2, 0) is 7.05 Å². The maximum Gasteiger partial charge on any atom is 0.180 e. The highest BCUT2D eigenvalue weighted by Gasteiger charge is 2.06. The summed E-state index contributed by atoms with van der Waals surface area (Å²) in [7, 11) is 1.85. The van der Waals surface area contributed by atoms with Gasteiger partial charge in [0.2, 0.25) is 0 Å². The van der Waals surface area contributed by atoms with Crippen LogP contribution in [-0.4, -0.2) is 16.2 Å². The van der Waals surface area contributed by atoms with Gasteiger partial charge in [0.15, 0.2) is 5.78 Å². The van der Waals surface area contributed by atoms with Crippen molar-refractivity contribution in [3.63, 3.8) is 0 Å². The van der Waals surface area contributed by atoms with E-state index in [-0.39, 0.29) is 5.78 Å². The number of Topliss-reactive ketones (excluding diaryl/α,β-unsaturated/α-hetero) is 1. The first-order chi connectivity index (χ1) is 5.25. The number of ketones is 1. The van der Waals surface area contributed by atoms with Gasteiger partial charge in [-0.1, -0.05) is 0 Å². The molecule has 0 aliphatic carbocycles. The molecular weight excluding hydrogens is 162 g/mol. The van der Waals surface area contributed by atoms with E-state index in [0.717, 1.165) is 5.69 Å². The summed E-state index contributed by atoms with van der Waals surface area (Å²) in [6.45, 7) is 0. The third kappa shape index (κ3) is 1.84. The molecular formula is C8H10ClNO. The maximum absolute atomic E-state index is 11.2. The van der Waals surface area contributed by atoms with Crippen LogP contribution in [0.1, 0.15) is 16.9 Å². The normalized spacial score (nSPS) is 10.0. The number of alkyl halides is 1. The Kier molecular flexibility index (Phi) is 2.71. The molecule has 1 aromatic rings. The zero-order valence-corrected chi connectivity index (χ0v) is 7.14. The summed E-state index contributed by atoms with van der Waals surface area (Å²) >= 11 is 5.44. The molecule has 0 bridgehead atoms. The quantitative estimate of drug-likeness (QED) is 0.503. The van der Waals surface area contributed by atoms with Crippen molar-refractivity contribution in [3.05, 3.63) is 24.0 Å². The number of halogens is 1. The lowest BCUT2D eigenvalue weighted by Crippen LogP contribution is -2.05. The SMILES string of the molecule is Cn1cccc1C(=O)CCCl. The molecule has 0 unspecified atom stereocenters. The molecule has 0 aliphatic heterocycles. The van der Waals surface area contributed by atoms with Crippen molar-refractivity contribution in [1.82, 2.24) is 4.57 Å². The summed E-state index contributed by atoms with van der Waals surface area (Å²) in [4.78, 5) is 11.2. The molecule has 11 heavy (non-hydrogen) atoms. The van der Waals surface area contributed by atoms with Gasteiger partial charge in [-0.25, -0.2) is 0 Å². The third-order valence-electron chi connectivity index (χ3n) is 1.55. The summed E-state index contributed by atoms with van der Waals surface area (Å²) in [5, 5.41) is 0. The second-order valence-corrected chi connectivity index (χ2v) is 2.74. The summed E-state index contributed by atoms with van der Waals surface area (Å²) in [5.41, 5.74) is 0.727. The lowest BCUT2D eigenvalue weighted by atomic mass is 10.2. The molecule has 0 saturated heterocycles. The minimum atomic E-state index is 0.104. The molecule has 0 atom stereocenters. The highest BCUT2D eigenvalue weighted by Crippen LogP contribution is 2.03. The Morgan fingerprint density at radius 1 is 1.73 bits per heavy atom. The molecule has 0 N–H and O–H groups in total. The third-order valence-corrected chi connectivity index (χ3v) is 1.74. The van der Waals surface area contributed by atoms with Gasteiger partial charge in [-0.05, 0) is 12.1 Å². The number of carbonyl (C=O) groups is 1. The highest BCUT2D eigenvalue weighted by molar-refractivity contribution is 6.19. The number of rotatable bonds is 3. The van der Waals surface area contributed by atoms with Crippen molar-refractivity contribution in [2.24, 2.45) is 7.05 Å². The van der Waals surface area contributed by atoms with E-state index in [2.05, 4.69) is 0 Å². The van der Waals surface area contributed by atoms with Crippen molar-refractivity contribution >= 4 is 17.4 Å². The molecule has 1 aromatic heterocycles. The first-order valence-corrected chi connectivity index (χ1v) is 3.99. The van der Waals surface area contributed by atoms with E-state index in [1.807, 2.05) is 19.3 Å². The number of hydrogen-bond acceptors (Lipinski definition) is 1. The van der Waals surface area contributed by atoms with Crippen LogP contribution in [0.2, 0.25) is 0 Å². The summed E-state index contributed by atoms with van der Waals surface area (Å²) < 4.78 is 1.80. The summed E-state index contributed by atoms with van der Waals surface area (Å²) in [6, 6.07) is 3.65. The lowest BCUT2D eigenvalue weighted by molar-refractivity contribution is 0.0981. The molecule has 2 nitrogen and oxygen atoms in total. The average molecular weight is 172 g/mol. The zero-order chi connectivity index (χ0) is 8.27. The standard InChI is InChI=1S/C8H10ClNO/c1-10-6-2-3-7(10)8(11)4-5-9/h2-3,6H,4-5H2,1H3. The number of hydrogen-bond donors (Lipinski definition) is 0. The van der Waals surface area contributed by atoms with Crippen LogP contribution in [0.5, 0.6) is 0 Å². The second-order valence-electron chi connectivity index (χ2n) is 2.37. The Balaban J connectivity index is 2.76. The fraction of sp³-hybridized carbons (Fsp3) is 0.375. The van der Waals surface area contributed by atoms with Gasteiger partial charge in [-0.3, -0.25) is 4.79 Å². The van der Waals surface area contributed by atoms with E-state index in [9.17, 15) is 4.79 Å². The van der Waals surface area contributed by atoms with Gasteiger partial charge in [-0.15, -0.1) is 11.6 Å². The van der Waals surface area contributed by atoms with Crippen molar-refractivity contribution in [3.8, 4) is 0 Å². The van der Waals surface area contributed by atoms with E-state index in [1.54, 1.807) is 10.6 Å². The molecule has 60 valence electrons. The molecule has 0 radical (unpaired) electrons. The van der Waals surface area contributed by atoms with Gasteiger partial charge in [0.25, 0.3) is 0 Å². The van der Waals surface area contributed by atoms with Crippen LogP contribution >= 0.6 is 11.6 Å². The van der Waals surface area contributed by atoms with Gasteiger partial charge in [-0.2, -0.15) is 0 Å². The predicted octanol–water partition coefficient (Wildman–Crippen LogP) is 1.84. The van der Waals surface area contributed by atoms with Gasteiger partial charge < -0.3 is 4.57 Å². The number of carbonyl (C=O) groups excluding carboxylic acids is 1. The maximum atomic E-state index is 11.2. The fourth-order valence-corrected chi connectivity index (χ4v) is 1.14. The van der Waals surface area contributed by atoms with Crippen LogP contribution in [0.15, 0.2) is 18.3 Å². The minimum Gasteiger partial charge on any atom is -0.348 e. The lowest BCUT2D eigenvalue weighted by Gasteiger charge is -1.98. The Hall–Kier alpha value is -0.760. The van der Waals surface area contributed by atoms with E-state index < -0.39 is 0 Å². The Morgan fingerprint density at radius 3 is 2.91 bits per heavy atom. The topological polar surface area (TPSA) is 22.0 Å². The van der Waals surface area contributed by atoms with E-state index in [4.69, 9.17) is 11.6 Å². The van der Waals surface area contributed by atoms with Gasteiger partial charge in [0, 0.05) is 25.5 Å². The second kappa shape index (κ2) is 3.58. The van der Waals surface area contributed by atoms with Crippen LogP contribution in [0.25, 0.3) is 0 Å². The van der Waals surface area contributed by atoms with E-state index >= 15 is 0 Å². The Morgan fingerprint density at radius 2 is 2.45 bits per heavy atom. The molecule has 0 aliphatic rings. The van der Waals surface area contributed by atoms with Crippen molar-refractivity contribution in [1.29, 1.82) is 0 Å². The monoisotopic (exact) mass is 171 g/mol. The molecule has 0 amide bonds. The zero-order valence-electron chi connectivity index (χ0n) is 6.38. The van der Waals surface area contributed by atoms with Crippen molar-refractivity contribution < 1.29 is 4.79 Å². The largest absolute Gasteiger partial charge is 0.348 e. The first-order valence-electron chi connectivity index (χ1n) is 3.46. The number of aryl methyl sites for hydroxylation is 1. The molecule has 0 saturated carbocycles. The molecule has 0 fully saturated rings. The average Bonchev–Trinajstić information content (AvgIpc) is 2.36. The molecule has 3 heteroatoms. The van der Waals surface area contributed by atoms with Crippen LogP contribution in [0.3, 0.4) is 0 Å². The first kappa shape index (κ1) is 8.34. The molecule has 0 spiro atoms. The highest BCUT2D eigenvalue weighted by atomic mass is 35.5. The van der Waals surface area contributed by atoms with Crippen LogP contribution < -0.4 is 0 Å². The smallest absolute Gasteiger partial charge is 0.180 e. The van der Waals surface area contributed by atoms with Gasteiger partial charge in [0.1, 0.15) is 0 Å². The molecule has 1 rings (SSSR count). The van der Waals surface area contributed by atoms with E-state index in [1.165, 1.54) is 0 Å². The fourth-order valence-electron chi connectivity index (χ4n) is 0.965. The number of aromatic nitrogens is 1. The predicted molar refractivity (Wildman–Crippen MR) is 45.1 cm³/mol. The summed E-state index contributed by atoms with van der Waals surface area (Å²) in [5.74, 6) is 0.497. The Labute approximate surface area is 70.8 Å². The van der Waals surface area contributed by atoms with Crippen LogP contribution in [0, 0.1) is 0 Å². The Bertz CT molecular complexity index is 254. The molecule has 0 aromatic carbocycles. The van der Waals surface area contributed by atoms with Crippen LogP contribution in [0.4, 0.5) is 0 Å². The van der Waals surface area contributed by atoms with Crippen molar-refractivity contribution in [2.75, 3.05) is 5.88 Å². The minimum absolute atomic E-state index is 0.104. The summed E-state index contributed by atoms with van der Waals surface area (Å²) in [6.07, 6.45) is 2.26. The van der Waals surface area contributed by atoms with Gasteiger partial charge in [0.05, 0.1) is 5.69 Å². The molecule has 1 heterocycles. The van der Waals surface area contributed by atoms with Crippen molar-refractivity contribution in [2.45, 2.75) is 6.42 Å². The van der Waals surface area contributed by atoms with Gasteiger partial charge >= 0.3 is 0 Å². The van der Waals surface area contributed by atoms with E-state index in [0.29, 0.717) is 12.3 Å².